The van der Waals surface area contributed by atoms with E-state index in [1.807, 2.05) is 32.0 Å². The smallest absolute Gasteiger partial charge is 0.337 e. The molecule has 0 bridgehead atoms. The number of hydrogen-bond donors (Lipinski definition) is 2. The molecule has 0 radical (unpaired) electrons. The highest BCUT2D eigenvalue weighted by molar-refractivity contribution is 6.33. The third kappa shape index (κ3) is 4.49. The fourth-order valence-corrected chi connectivity index (χ4v) is 2.33. The molecule has 0 spiro atoms. The van der Waals surface area contributed by atoms with Gasteiger partial charge in [0.1, 0.15) is 0 Å². The van der Waals surface area contributed by atoms with Gasteiger partial charge in [-0.15, -0.1) is 0 Å². The number of anilines is 2. The number of amides is 1. The Kier molecular flexibility index (Phi) is 5.82. The summed E-state index contributed by atoms with van der Waals surface area (Å²) in [4.78, 5) is 23.7. The molecule has 0 saturated carbocycles. The molecule has 6 heteroatoms. The summed E-state index contributed by atoms with van der Waals surface area (Å²) in [6.07, 6.45) is 0. The van der Waals surface area contributed by atoms with Gasteiger partial charge in [-0.2, -0.15) is 0 Å². The molecule has 0 saturated heterocycles. The lowest BCUT2D eigenvalue weighted by molar-refractivity contribution is -0.114. The van der Waals surface area contributed by atoms with Crippen LogP contribution in [0.5, 0.6) is 0 Å². The summed E-state index contributed by atoms with van der Waals surface area (Å²) in [6, 6.07) is 10.6. The number of ether oxygens (including phenoxy) is 1. The third-order valence-electron chi connectivity index (χ3n) is 3.49. The molecule has 2 N–H and O–H groups in total. The summed E-state index contributed by atoms with van der Waals surface area (Å²) >= 11 is 6.09. The van der Waals surface area contributed by atoms with Gasteiger partial charge in [0.2, 0.25) is 5.91 Å². The number of halogens is 1. The summed E-state index contributed by atoms with van der Waals surface area (Å²) in [5, 5.41) is 6.21. The highest BCUT2D eigenvalue weighted by atomic mass is 35.5. The number of carbonyl (C=O) groups is 2. The molecule has 126 valence electrons. The van der Waals surface area contributed by atoms with Gasteiger partial charge in [-0.25, -0.2) is 4.79 Å². The molecule has 0 atom stereocenters. The van der Waals surface area contributed by atoms with Crippen LogP contribution in [0.25, 0.3) is 0 Å². The molecule has 0 fully saturated rings. The van der Waals surface area contributed by atoms with Crippen LogP contribution in [0.1, 0.15) is 21.5 Å². The Morgan fingerprint density at radius 2 is 1.83 bits per heavy atom. The maximum Gasteiger partial charge on any atom is 0.337 e. The van der Waals surface area contributed by atoms with Crippen molar-refractivity contribution < 1.29 is 14.3 Å². The van der Waals surface area contributed by atoms with Gasteiger partial charge in [0.25, 0.3) is 0 Å². The number of carbonyl (C=O) groups excluding carboxylic acids is 2. The molecule has 0 heterocycles. The molecular formula is C18H19ClN2O3. The molecule has 0 aliphatic rings. The quantitative estimate of drug-likeness (QED) is 0.808. The number of esters is 1. The van der Waals surface area contributed by atoms with Crippen LogP contribution in [0.3, 0.4) is 0 Å². The maximum absolute atomic E-state index is 12.1. The predicted molar refractivity (Wildman–Crippen MR) is 95.8 cm³/mol. The molecule has 2 rings (SSSR count). The van der Waals surface area contributed by atoms with Crippen LogP contribution in [0.15, 0.2) is 36.4 Å². The lowest BCUT2D eigenvalue weighted by atomic mass is 10.1. The standard InChI is InChI=1S/C18H19ClN2O3/c1-11-4-5-12(2)15(8-11)21-17(22)10-20-16-9-13(18(23)24-3)6-7-14(16)19/h4-9,20H,10H2,1-3H3,(H,21,22). The van der Waals surface area contributed by atoms with Crippen molar-refractivity contribution in [1.82, 2.24) is 0 Å². The minimum atomic E-state index is -0.463. The van der Waals surface area contributed by atoms with Crippen LogP contribution in [-0.4, -0.2) is 25.5 Å². The van der Waals surface area contributed by atoms with Gasteiger partial charge >= 0.3 is 5.97 Å². The van der Waals surface area contributed by atoms with Crippen LogP contribution < -0.4 is 10.6 Å². The second-order valence-electron chi connectivity index (χ2n) is 5.41. The molecule has 2 aromatic rings. The topological polar surface area (TPSA) is 67.4 Å². The van der Waals surface area contributed by atoms with Crippen molar-refractivity contribution in [3.63, 3.8) is 0 Å². The Labute approximate surface area is 146 Å². The minimum Gasteiger partial charge on any atom is -0.465 e. The van der Waals surface area contributed by atoms with Crippen LogP contribution in [0, 0.1) is 13.8 Å². The van der Waals surface area contributed by atoms with Gasteiger partial charge < -0.3 is 15.4 Å². The Balaban J connectivity index is 2.03. The predicted octanol–water partition coefficient (Wildman–Crippen LogP) is 3.79. The van der Waals surface area contributed by atoms with Gasteiger partial charge in [-0.05, 0) is 49.2 Å². The van der Waals surface area contributed by atoms with E-state index in [1.54, 1.807) is 18.2 Å². The molecule has 0 aromatic heterocycles. The molecule has 1 amide bonds. The van der Waals surface area contributed by atoms with E-state index in [4.69, 9.17) is 11.6 Å². The number of nitrogens with one attached hydrogen (secondary N) is 2. The van der Waals surface area contributed by atoms with Gasteiger partial charge in [0.15, 0.2) is 0 Å². The first-order valence-electron chi connectivity index (χ1n) is 7.39. The van der Waals surface area contributed by atoms with Gasteiger partial charge in [-0.3, -0.25) is 4.79 Å². The molecule has 24 heavy (non-hydrogen) atoms. The van der Waals surface area contributed by atoms with Crippen molar-refractivity contribution in [2.24, 2.45) is 0 Å². The summed E-state index contributed by atoms with van der Waals surface area (Å²) in [6.45, 7) is 3.92. The molecule has 2 aromatic carbocycles. The molecule has 0 unspecified atom stereocenters. The van der Waals surface area contributed by atoms with Crippen molar-refractivity contribution in [2.75, 3.05) is 24.3 Å². The van der Waals surface area contributed by atoms with Crippen LogP contribution >= 0.6 is 11.6 Å². The summed E-state index contributed by atoms with van der Waals surface area (Å²) in [7, 11) is 1.31. The van der Waals surface area contributed by atoms with Crippen LogP contribution in [0.4, 0.5) is 11.4 Å². The first-order valence-corrected chi connectivity index (χ1v) is 7.77. The number of rotatable bonds is 5. The lowest BCUT2D eigenvalue weighted by Crippen LogP contribution is -2.22. The van der Waals surface area contributed by atoms with Crippen molar-refractivity contribution in [3.8, 4) is 0 Å². The minimum absolute atomic E-state index is 0.0255. The second-order valence-corrected chi connectivity index (χ2v) is 5.81. The maximum atomic E-state index is 12.1. The van der Waals surface area contributed by atoms with E-state index in [-0.39, 0.29) is 12.5 Å². The zero-order valence-electron chi connectivity index (χ0n) is 13.8. The number of benzene rings is 2. The highest BCUT2D eigenvalue weighted by Crippen LogP contribution is 2.23. The lowest BCUT2D eigenvalue weighted by Gasteiger charge is -2.12. The SMILES string of the molecule is COC(=O)c1ccc(Cl)c(NCC(=O)Nc2cc(C)ccc2C)c1. The van der Waals surface area contributed by atoms with Crippen LogP contribution in [-0.2, 0) is 9.53 Å². The fourth-order valence-electron chi connectivity index (χ4n) is 2.15. The van der Waals surface area contributed by atoms with E-state index in [1.165, 1.54) is 7.11 Å². The third-order valence-corrected chi connectivity index (χ3v) is 3.82. The molecule has 5 nitrogen and oxygen atoms in total. The van der Waals surface area contributed by atoms with Gasteiger partial charge in [0, 0.05) is 5.69 Å². The van der Waals surface area contributed by atoms with E-state index < -0.39 is 5.97 Å². The number of hydrogen-bond acceptors (Lipinski definition) is 4. The Bertz CT molecular complexity index is 775. The van der Waals surface area contributed by atoms with E-state index in [0.717, 1.165) is 16.8 Å². The van der Waals surface area contributed by atoms with Gasteiger partial charge in [0.05, 0.1) is 29.9 Å². The second kappa shape index (κ2) is 7.84. The Morgan fingerprint density at radius 1 is 1.08 bits per heavy atom. The monoisotopic (exact) mass is 346 g/mol. The van der Waals surface area contributed by atoms with E-state index in [2.05, 4.69) is 15.4 Å². The van der Waals surface area contributed by atoms with E-state index >= 15 is 0 Å². The van der Waals surface area contributed by atoms with Crippen molar-refractivity contribution in [1.29, 1.82) is 0 Å². The first kappa shape index (κ1) is 17.8. The normalized spacial score (nSPS) is 10.2. The highest BCUT2D eigenvalue weighted by Gasteiger charge is 2.10. The average molecular weight is 347 g/mol. The van der Waals surface area contributed by atoms with Crippen molar-refractivity contribution in [2.45, 2.75) is 13.8 Å². The van der Waals surface area contributed by atoms with Crippen LogP contribution in [0.2, 0.25) is 5.02 Å². The first-order chi connectivity index (χ1) is 11.4. The summed E-state index contributed by atoms with van der Waals surface area (Å²) in [5.41, 5.74) is 3.68. The number of aryl methyl sites for hydroxylation is 2. The largest absolute Gasteiger partial charge is 0.465 e. The van der Waals surface area contributed by atoms with Crippen molar-refractivity contribution in [3.05, 3.63) is 58.1 Å². The Morgan fingerprint density at radius 3 is 2.54 bits per heavy atom. The summed E-state index contributed by atoms with van der Waals surface area (Å²) < 4.78 is 4.67. The zero-order chi connectivity index (χ0) is 17.7. The summed E-state index contributed by atoms with van der Waals surface area (Å²) in [5.74, 6) is -0.669. The van der Waals surface area contributed by atoms with E-state index in [9.17, 15) is 9.59 Å². The molecule has 0 aliphatic carbocycles. The Hall–Kier alpha value is -2.53. The zero-order valence-corrected chi connectivity index (χ0v) is 14.5. The molecular weight excluding hydrogens is 328 g/mol. The number of methoxy groups -OCH3 is 1. The average Bonchev–Trinajstić information content (AvgIpc) is 2.56. The molecule has 0 aliphatic heterocycles. The van der Waals surface area contributed by atoms with E-state index in [0.29, 0.717) is 16.3 Å². The van der Waals surface area contributed by atoms with Gasteiger partial charge in [-0.1, -0.05) is 23.7 Å². The van der Waals surface area contributed by atoms with Crippen molar-refractivity contribution >= 4 is 34.9 Å². The fraction of sp³-hybridized carbons (Fsp3) is 0.222.